The van der Waals surface area contributed by atoms with Crippen LogP contribution in [0, 0.1) is 0 Å². The first kappa shape index (κ1) is 9.77. The molecule has 2 rings (SSSR count). The quantitative estimate of drug-likeness (QED) is 0.629. The molecule has 4 nitrogen and oxygen atoms in total. The van der Waals surface area contributed by atoms with Gasteiger partial charge in [0.05, 0.1) is 6.33 Å². The van der Waals surface area contributed by atoms with Gasteiger partial charge in [-0.3, -0.25) is 4.79 Å². The molecule has 1 aliphatic rings. The maximum atomic E-state index is 10.6. The fraction of sp³-hybridized carbons (Fsp3) is 0.556. The molecule has 1 amide bonds. The highest BCUT2D eigenvalue weighted by atomic mass is 16.1. The summed E-state index contributed by atoms with van der Waals surface area (Å²) in [6, 6.07) is 0. The zero-order valence-electron chi connectivity index (χ0n) is 7.62. The predicted molar refractivity (Wildman–Crippen MR) is 50.1 cm³/mol. The Balaban J connectivity index is 0.000000145. The first-order valence-electron chi connectivity index (χ1n) is 4.59. The average Bonchev–Trinajstić information content (AvgIpc) is 2.62. The van der Waals surface area contributed by atoms with Crippen molar-refractivity contribution in [3.05, 3.63) is 18.7 Å². The number of rotatable bonds is 0. The van der Waals surface area contributed by atoms with Gasteiger partial charge in [0.2, 0.25) is 5.91 Å². The lowest BCUT2D eigenvalue weighted by Gasteiger charge is -1.93. The van der Waals surface area contributed by atoms with E-state index in [0.29, 0.717) is 0 Å². The number of aromatic amines is 1. The molecule has 0 saturated carbocycles. The van der Waals surface area contributed by atoms with Crippen molar-refractivity contribution in [2.24, 2.45) is 0 Å². The van der Waals surface area contributed by atoms with E-state index < -0.39 is 0 Å². The third-order valence-electron chi connectivity index (χ3n) is 1.81. The Kier molecular flexibility index (Phi) is 4.68. The number of amides is 1. The predicted octanol–water partition coefficient (Wildman–Crippen LogP) is 1.09. The second-order valence-corrected chi connectivity index (χ2v) is 2.92. The lowest BCUT2D eigenvalue weighted by Crippen LogP contribution is -2.21. The Bertz CT molecular complexity index is 194. The molecule has 0 spiro atoms. The van der Waals surface area contributed by atoms with E-state index in [-0.39, 0.29) is 5.91 Å². The third kappa shape index (κ3) is 5.00. The standard InChI is InChI=1S/C6H11NO.C3H4N2/c8-6-4-2-1-3-5-7-6;1-2-5-3-4-1/h1-5H2,(H,7,8);1-3H,(H,4,5). The largest absolute Gasteiger partial charge is 0.356 e. The molecule has 0 aromatic carbocycles. The SMILES string of the molecule is O=C1CCCCCN1.c1c[nH]cn1. The van der Waals surface area contributed by atoms with E-state index in [1.165, 1.54) is 6.42 Å². The number of hydrogen-bond acceptors (Lipinski definition) is 2. The highest BCUT2D eigenvalue weighted by Crippen LogP contribution is 2.02. The number of H-pyrrole nitrogens is 1. The fourth-order valence-corrected chi connectivity index (χ4v) is 1.12. The van der Waals surface area contributed by atoms with E-state index in [9.17, 15) is 4.79 Å². The number of hydrogen-bond donors (Lipinski definition) is 2. The molecule has 2 heterocycles. The van der Waals surface area contributed by atoms with Crippen molar-refractivity contribution in [2.75, 3.05) is 6.54 Å². The summed E-state index contributed by atoms with van der Waals surface area (Å²) in [6.45, 7) is 0.888. The highest BCUT2D eigenvalue weighted by molar-refractivity contribution is 5.75. The Morgan fingerprint density at radius 1 is 1.31 bits per heavy atom. The Hall–Kier alpha value is -1.32. The molecule has 1 aromatic rings. The molecule has 4 heteroatoms. The van der Waals surface area contributed by atoms with Crippen molar-refractivity contribution in [1.82, 2.24) is 15.3 Å². The fourth-order valence-electron chi connectivity index (χ4n) is 1.12. The van der Waals surface area contributed by atoms with Gasteiger partial charge in [0, 0.05) is 25.4 Å². The number of carbonyl (C=O) groups excluding carboxylic acids is 1. The van der Waals surface area contributed by atoms with Crippen molar-refractivity contribution in [1.29, 1.82) is 0 Å². The second-order valence-electron chi connectivity index (χ2n) is 2.92. The first-order valence-corrected chi connectivity index (χ1v) is 4.59. The van der Waals surface area contributed by atoms with Crippen LogP contribution in [-0.4, -0.2) is 22.4 Å². The molecule has 1 saturated heterocycles. The number of nitrogens with zero attached hydrogens (tertiary/aromatic N) is 1. The number of aromatic nitrogens is 2. The molecule has 13 heavy (non-hydrogen) atoms. The molecule has 72 valence electrons. The van der Waals surface area contributed by atoms with Crippen molar-refractivity contribution >= 4 is 5.91 Å². The van der Waals surface area contributed by atoms with Crippen LogP contribution >= 0.6 is 0 Å². The van der Waals surface area contributed by atoms with Crippen molar-refractivity contribution in [3.63, 3.8) is 0 Å². The summed E-state index contributed by atoms with van der Waals surface area (Å²) in [5, 5.41) is 2.81. The number of carbonyl (C=O) groups is 1. The van der Waals surface area contributed by atoms with Crippen molar-refractivity contribution in [2.45, 2.75) is 25.7 Å². The van der Waals surface area contributed by atoms with Crippen LogP contribution in [0.25, 0.3) is 0 Å². The molecule has 2 N–H and O–H groups in total. The summed E-state index contributed by atoms with van der Waals surface area (Å²) >= 11 is 0. The van der Waals surface area contributed by atoms with Gasteiger partial charge in [0.1, 0.15) is 0 Å². The van der Waals surface area contributed by atoms with Gasteiger partial charge >= 0.3 is 0 Å². The second kappa shape index (κ2) is 6.22. The van der Waals surface area contributed by atoms with Crippen LogP contribution < -0.4 is 5.32 Å². The first-order chi connectivity index (χ1) is 6.39. The normalized spacial score (nSPS) is 16.5. The third-order valence-corrected chi connectivity index (χ3v) is 1.81. The molecule has 1 aromatic heterocycles. The summed E-state index contributed by atoms with van der Waals surface area (Å²) in [5.41, 5.74) is 0. The van der Waals surface area contributed by atoms with E-state index in [1.54, 1.807) is 18.7 Å². The zero-order chi connectivity index (χ0) is 9.36. The molecular formula is C9H15N3O. The van der Waals surface area contributed by atoms with Crippen LogP contribution in [0.1, 0.15) is 25.7 Å². The van der Waals surface area contributed by atoms with Crippen LogP contribution in [0.5, 0.6) is 0 Å². The number of nitrogens with one attached hydrogen (secondary N) is 2. The molecule has 0 atom stereocenters. The van der Waals surface area contributed by atoms with Crippen molar-refractivity contribution in [3.8, 4) is 0 Å². The maximum Gasteiger partial charge on any atom is 0.219 e. The summed E-state index contributed by atoms with van der Waals surface area (Å²) in [5.74, 6) is 0.225. The Morgan fingerprint density at radius 2 is 2.23 bits per heavy atom. The number of imidazole rings is 1. The van der Waals surface area contributed by atoms with E-state index >= 15 is 0 Å². The summed E-state index contributed by atoms with van der Waals surface area (Å²) in [4.78, 5) is 17.0. The maximum absolute atomic E-state index is 10.6. The Labute approximate surface area is 77.8 Å². The van der Waals surface area contributed by atoms with Crippen LogP contribution in [0.15, 0.2) is 18.7 Å². The van der Waals surface area contributed by atoms with Crippen LogP contribution in [0.2, 0.25) is 0 Å². The topological polar surface area (TPSA) is 57.8 Å². The van der Waals surface area contributed by atoms with Gasteiger partial charge in [-0.2, -0.15) is 0 Å². The summed E-state index contributed by atoms with van der Waals surface area (Å²) in [6.07, 6.45) is 9.26. The van der Waals surface area contributed by atoms with Crippen LogP contribution in [0.3, 0.4) is 0 Å². The van der Waals surface area contributed by atoms with E-state index in [0.717, 1.165) is 25.8 Å². The highest BCUT2D eigenvalue weighted by Gasteiger charge is 2.03. The molecular weight excluding hydrogens is 166 g/mol. The van der Waals surface area contributed by atoms with E-state index in [2.05, 4.69) is 15.3 Å². The zero-order valence-corrected chi connectivity index (χ0v) is 7.62. The van der Waals surface area contributed by atoms with Crippen LogP contribution in [-0.2, 0) is 4.79 Å². The molecule has 0 radical (unpaired) electrons. The van der Waals surface area contributed by atoms with Crippen LogP contribution in [0.4, 0.5) is 0 Å². The lowest BCUT2D eigenvalue weighted by molar-refractivity contribution is -0.120. The lowest BCUT2D eigenvalue weighted by atomic mass is 10.2. The summed E-state index contributed by atoms with van der Waals surface area (Å²) < 4.78 is 0. The molecule has 0 bridgehead atoms. The minimum absolute atomic E-state index is 0.225. The summed E-state index contributed by atoms with van der Waals surface area (Å²) in [7, 11) is 0. The van der Waals surface area contributed by atoms with Gasteiger partial charge in [-0.25, -0.2) is 4.98 Å². The molecule has 0 aliphatic carbocycles. The van der Waals surface area contributed by atoms with Gasteiger partial charge in [0.25, 0.3) is 0 Å². The molecule has 0 unspecified atom stereocenters. The smallest absolute Gasteiger partial charge is 0.219 e. The van der Waals surface area contributed by atoms with Gasteiger partial charge in [-0.1, -0.05) is 6.42 Å². The van der Waals surface area contributed by atoms with Gasteiger partial charge in [0.15, 0.2) is 0 Å². The minimum atomic E-state index is 0.225. The molecule has 1 aliphatic heterocycles. The van der Waals surface area contributed by atoms with E-state index in [1.807, 2.05) is 0 Å². The van der Waals surface area contributed by atoms with Crippen molar-refractivity contribution < 1.29 is 4.79 Å². The average molecular weight is 181 g/mol. The minimum Gasteiger partial charge on any atom is -0.356 e. The molecule has 1 fully saturated rings. The van der Waals surface area contributed by atoms with E-state index in [4.69, 9.17) is 0 Å². The van der Waals surface area contributed by atoms with Gasteiger partial charge < -0.3 is 10.3 Å². The monoisotopic (exact) mass is 181 g/mol. The van der Waals surface area contributed by atoms with Gasteiger partial charge in [-0.15, -0.1) is 0 Å². The Morgan fingerprint density at radius 3 is 2.85 bits per heavy atom. The van der Waals surface area contributed by atoms with Gasteiger partial charge in [-0.05, 0) is 12.8 Å².